The molecular weight excluding hydrogens is 262 g/mol. The number of nitrogens with zero attached hydrogens (tertiary/aromatic N) is 3. The molecule has 0 saturated carbocycles. The van der Waals surface area contributed by atoms with Gasteiger partial charge in [-0.15, -0.1) is 0 Å². The van der Waals surface area contributed by atoms with Crippen molar-refractivity contribution in [1.29, 1.82) is 0 Å². The van der Waals surface area contributed by atoms with E-state index < -0.39 is 11.2 Å². The maximum atomic E-state index is 12.1. The van der Waals surface area contributed by atoms with E-state index in [2.05, 4.69) is 4.99 Å². The second kappa shape index (κ2) is 5.62. The average Bonchev–Trinajstić information content (AvgIpc) is 2.94. The van der Waals surface area contributed by atoms with Crippen LogP contribution in [0.4, 0.5) is 0 Å². The molecule has 0 amide bonds. The molecule has 1 aliphatic rings. The summed E-state index contributed by atoms with van der Waals surface area (Å²) in [6.07, 6.45) is 2.05. The molecule has 1 saturated heterocycles. The summed E-state index contributed by atoms with van der Waals surface area (Å²) in [6.45, 7) is 2.85. The van der Waals surface area contributed by atoms with Crippen LogP contribution in [0, 0.1) is 0 Å². The highest BCUT2D eigenvalue weighted by Gasteiger charge is 2.19. The number of aromatic hydroxyl groups is 1. The molecule has 1 N–H and O–H groups in total. The number of hydrogen-bond acceptors (Lipinski definition) is 5. The van der Waals surface area contributed by atoms with Gasteiger partial charge in [0.15, 0.2) is 0 Å². The SMILES string of the molecule is CC(=NC[C@H]1CCCO1)c1c(O)n(C)c(=O)n(C)c1=O. The Hall–Kier alpha value is -1.89. The van der Waals surface area contributed by atoms with E-state index in [9.17, 15) is 14.7 Å². The minimum atomic E-state index is -0.567. The van der Waals surface area contributed by atoms with Crippen molar-refractivity contribution in [3.8, 4) is 5.88 Å². The van der Waals surface area contributed by atoms with Crippen LogP contribution in [0.2, 0.25) is 0 Å². The number of rotatable bonds is 3. The monoisotopic (exact) mass is 281 g/mol. The van der Waals surface area contributed by atoms with Gasteiger partial charge in [0.05, 0.1) is 18.4 Å². The van der Waals surface area contributed by atoms with Crippen LogP contribution in [0.15, 0.2) is 14.6 Å². The molecule has 0 unspecified atom stereocenters. The Morgan fingerprint density at radius 1 is 1.40 bits per heavy atom. The third kappa shape index (κ3) is 2.53. The summed E-state index contributed by atoms with van der Waals surface area (Å²) >= 11 is 0. The van der Waals surface area contributed by atoms with Crippen molar-refractivity contribution in [2.24, 2.45) is 19.1 Å². The van der Waals surface area contributed by atoms with Gasteiger partial charge in [0.1, 0.15) is 5.56 Å². The van der Waals surface area contributed by atoms with Crippen molar-refractivity contribution in [3.63, 3.8) is 0 Å². The topological polar surface area (TPSA) is 85.8 Å². The Morgan fingerprint density at radius 2 is 2.10 bits per heavy atom. The lowest BCUT2D eigenvalue weighted by atomic mass is 10.2. The molecule has 1 aromatic rings. The summed E-state index contributed by atoms with van der Waals surface area (Å²) < 4.78 is 7.45. The van der Waals surface area contributed by atoms with Crippen LogP contribution in [0.5, 0.6) is 5.88 Å². The highest BCUT2D eigenvalue weighted by Crippen LogP contribution is 2.14. The van der Waals surface area contributed by atoms with E-state index in [4.69, 9.17) is 4.74 Å². The largest absolute Gasteiger partial charge is 0.494 e. The van der Waals surface area contributed by atoms with E-state index in [1.54, 1.807) is 6.92 Å². The van der Waals surface area contributed by atoms with Crippen LogP contribution in [-0.4, -0.2) is 39.2 Å². The Balaban J connectivity index is 2.39. The highest BCUT2D eigenvalue weighted by atomic mass is 16.5. The molecule has 20 heavy (non-hydrogen) atoms. The molecule has 0 spiro atoms. The van der Waals surface area contributed by atoms with E-state index >= 15 is 0 Å². The second-order valence-electron chi connectivity index (χ2n) is 4.97. The van der Waals surface area contributed by atoms with Crippen LogP contribution in [-0.2, 0) is 18.8 Å². The first-order valence-corrected chi connectivity index (χ1v) is 6.55. The van der Waals surface area contributed by atoms with Crippen LogP contribution < -0.4 is 11.2 Å². The van der Waals surface area contributed by atoms with E-state index in [1.165, 1.54) is 14.1 Å². The lowest BCUT2D eigenvalue weighted by Crippen LogP contribution is -2.39. The zero-order valence-corrected chi connectivity index (χ0v) is 11.9. The summed E-state index contributed by atoms with van der Waals surface area (Å²) in [4.78, 5) is 28.0. The van der Waals surface area contributed by atoms with E-state index in [1.807, 2.05) is 0 Å². The van der Waals surface area contributed by atoms with Crippen molar-refractivity contribution in [2.45, 2.75) is 25.9 Å². The molecular formula is C13H19N3O4. The lowest BCUT2D eigenvalue weighted by molar-refractivity contribution is 0.118. The Kier molecular flexibility index (Phi) is 4.08. The summed E-state index contributed by atoms with van der Waals surface area (Å²) in [7, 11) is 2.79. The number of ether oxygens (including phenoxy) is 1. The van der Waals surface area contributed by atoms with Crippen LogP contribution in [0.3, 0.4) is 0 Å². The third-order valence-electron chi connectivity index (χ3n) is 3.55. The highest BCUT2D eigenvalue weighted by molar-refractivity contribution is 6.00. The Morgan fingerprint density at radius 3 is 2.70 bits per heavy atom. The van der Waals surface area contributed by atoms with Gasteiger partial charge in [0.25, 0.3) is 5.56 Å². The first-order chi connectivity index (χ1) is 9.43. The maximum absolute atomic E-state index is 12.1. The molecule has 1 aromatic heterocycles. The van der Waals surface area contributed by atoms with Gasteiger partial charge in [-0.2, -0.15) is 0 Å². The lowest BCUT2D eigenvalue weighted by Gasteiger charge is -2.11. The average molecular weight is 281 g/mol. The fourth-order valence-electron chi connectivity index (χ4n) is 2.26. The molecule has 0 aromatic carbocycles. The zero-order chi connectivity index (χ0) is 14.9. The van der Waals surface area contributed by atoms with Crippen LogP contribution >= 0.6 is 0 Å². The van der Waals surface area contributed by atoms with Gasteiger partial charge in [-0.05, 0) is 19.8 Å². The minimum Gasteiger partial charge on any atom is -0.494 e. The molecule has 1 fully saturated rings. The minimum absolute atomic E-state index is 0.0626. The van der Waals surface area contributed by atoms with Gasteiger partial charge < -0.3 is 9.84 Å². The fourth-order valence-corrected chi connectivity index (χ4v) is 2.26. The van der Waals surface area contributed by atoms with Crippen LogP contribution in [0.25, 0.3) is 0 Å². The molecule has 110 valence electrons. The first kappa shape index (κ1) is 14.5. The van der Waals surface area contributed by atoms with Gasteiger partial charge in [-0.1, -0.05) is 0 Å². The van der Waals surface area contributed by atoms with E-state index in [0.717, 1.165) is 28.6 Å². The quantitative estimate of drug-likeness (QED) is 0.776. The number of aliphatic imine (C=N–C) groups is 1. The smallest absolute Gasteiger partial charge is 0.333 e. The van der Waals surface area contributed by atoms with Gasteiger partial charge in [0.2, 0.25) is 5.88 Å². The molecule has 1 atom stereocenters. The number of aromatic nitrogens is 2. The standard InChI is InChI=1S/C13H19N3O4/c1-8(14-7-9-5-4-6-20-9)10-11(17)15(2)13(19)16(3)12(10)18/h9,17H,4-7H2,1-3H3/t9-/m1/s1. The first-order valence-electron chi connectivity index (χ1n) is 6.55. The predicted molar refractivity (Wildman–Crippen MR) is 74.6 cm³/mol. The molecule has 2 heterocycles. The van der Waals surface area contributed by atoms with Gasteiger partial charge in [0, 0.05) is 20.7 Å². The second-order valence-corrected chi connectivity index (χ2v) is 4.97. The summed E-state index contributed by atoms with van der Waals surface area (Å²) in [5, 5.41) is 9.98. The van der Waals surface area contributed by atoms with Gasteiger partial charge >= 0.3 is 5.69 Å². The van der Waals surface area contributed by atoms with Crippen LogP contribution in [0.1, 0.15) is 25.3 Å². The van der Waals surface area contributed by atoms with Gasteiger partial charge in [-0.25, -0.2) is 4.79 Å². The van der Waals surface area contributed by atoms with Crippen molar-refractivity contribution in [2.75, 3.05) is 13.2 Å². The molecule has 0 radical (unpaired) electrons. The van der Waals surface area contributed by atoms with Crippen molar-refractivity contribution in [3.05, 3.63) is 26.4 Å². The summed E-state index contributed by atoms with van der Waals surface area (Å²) in [5.74, 6) is -0.355. The van der Waals surface area contributed by atoms with Crippen molar-refractivity contribution < 1.29 is 9.84 Å². The summed E-state index contributed by atoms with van der Waals surface area (Å²) in [5.41, 5.74) is -0.635. The molecule has 0 aliphatic carbocycles. The molecule has 2 rings (SSSR count). The summed E-state index contributed by atoms with van der Waals surface area (Å²) in [6, 6.07) is 0. The molecule has 1 aliphatic heterocycles. The van der Waals surface area contributed by atoms with E-state index in [-0.39, 0.29) is 17.5 Å². The molecule has 7 heteroatoms. The number of hydrogen-bond donors (Lipinski definition) is 1. The van der Waals surface area contributed by atoms with Crippen molar-refractivity contribution >= 4 is 5.71 Å². The van der Waals surface area contributed by atoms with Crippen molar-refractivity contribution in [1.82, 2.24) is 9.13 Å². The maximum Gasteiger partial charge on any atom is 0.333 e. The normalized spacial score (nSPS) is 19.6. The molecule has 0 bridgehead atoms. The predicted octanol–water partition coefficient (Wildman–Crippen LogP) is -0.222. The third-order valence-corrected chi connectivity index (χ3v) is 3.55. The molecule has 7 nitrogen and oxygen atoms in total. The fraction of sp³-hybridized carbons (Fsp3) is 0.615. The van der Waals surface area contributed by atoms with Gasteiger partial charge in [-0.3, -0.25) is 18.9 Å². The Bertz CT molecular complexity index is 651. The van der Waals surface area contributed by atoms with E-state index in [0.29, 0.717) is 12.3 Å². The zero-order valence-electron chi connectivity index (χ0n) is 11.9. The Labute approximate surface area is 116 Å².